The van der Waals surface area contributed by atoms with Gasteiger partial charge in [0, 0.05) is 19.0 Å². The number of benzene rings is 2. The standard InChI is InChI=1S/C24H25FN2O3/c1-2-13-29-22-15-30-21(14-20(22)26)24(28)27-12-11-16-5-3-4-6-19(16)23(27)17-7-9-18(25)10-8-17/h1,3-10,20-23H,11-15,26H2/t20-,21+,22-,23-/m0/s1. The summed E-state index contributed by atoms with van der Waals surface area (Å²) in [6, 6.07) is 13.8. The summed E-state index contributed by atoms with van der Waals surface area (Å²) in [7, 11) is 0. The SMILES string of the molecule is C#CCO[C@H]1CO[C@@H](C(=O)N2CCc3ccccc3[C@@H]2c2ccc(F)cc2)C[C@@H]1N. The van der Waals surface area contributed by atoms with E-state index in [0.717, 1.165) is 17.5 Å². The number of nitrogens with two attached hydrogens (primary N) is 1. The Hall–Kier alpha value is -2.72. The van der Waals surface area contributed by atoms with Gasteiger partial charge in [-0.2, -0.15) is 0 Å². The Labute approximate surface area is 176 Å². The Balaban J connectivity index is 1.58. The Kier molecular flexibility index (Phi) is 6.14. The highest BCUT2D eigenvalue weighted by Crippen LogP contribution is 2.36. The van der Waals surface area contributed by atoms with Crippen LogP contribution in [0.4, 0.5) is 4.39 Å². The van der Waals surface area contributed by atoms with Gasteiger partial charge in [0.05, 0.1) is 18.8 Å². The summed E-state index contributed by atoms with van der Waals surface area (Å²) in [5.41, 5.74) is 9.35. The molecule has 30 heavy (non-hydrogen) atoms. The molecular weight excluding hydrogens is 383 g/mol. The molecule has 0 spiro atoms. The lowest BCUT2D eigenvalue weighted by atomic mass is 9.87. The third-order valence-corrected chi connectivity index (χ3v) is 5.83. The predicted molar refractivity (Wildman–Crippen MR) is 111 cm³/mol. The molecule has 0 unspecified atom stereocenters. The van der Waals surface area contributed by atoms with Crippen LogP contribution in [0, 0.1) is 18.2 Å². The maximum absolute atomic E-state index is 13.5. The Morgan fingerprint density at radius 3 is 2.77 bits per heavy atom. The third kappa shape index (κ3) is 4.10. The maximum Gasteiger partial charge on any atom is 0.252 e. The van der Waals surface area contributed by atoms with Crippen LogP contribution in [0.2, 0.25) is 0 Å². The van der Waals surface area contributed by atoms with E-state index in [4.69, 9.17) is 21.6 Å². The number of fused-ring (bicyclic) bond motifs is 1. The minimum absolute atomic E-state index is 0.107. The summed E-state index contributed by atoms with van der Waals surface area (Å²) in [4.78, 5) is 15.3. The first-order valence-corrected chi connectivity index (χ1v) is 10.1. The highest BCUT2D eigenvalue weighted by molar-refractivity contribution is 5.82. The van der Waals surface area contributed by atoms with Gasteiger partial charge in [0.2, 0.25) is 0 Å². The lowest BCUT2D eigenvalue weighted by Gasteiger charge is -2.41. The van der Waals surface area contributed by atoms with Crippen LogP contribution in [0.3, 0.4) is 0 Å². The van der Waals surface area contributed by atoms with Crippen LogP contribution in [0.25, 0.3) is 0 Å². The smallest absolute Gasteiger partial charge is 0.252 e. The zero-order chi connectivity index (χ0) is 21.1. The fourth-order valence-electron chi connectivity index (χ4n) is 4.29. The fourth-order valence-corrected chi connectivity index (χ4v) is 4.29. The average Bonchev–Trinajstić information content (AvgIpc) is 2.77. The molecule has 0 saturated carbocycles. The van der Waals surface area contributed by atoms with Crippen molar-refractivity contribution in [1.29, 1.82) is 0 Å². The van der Waals surface area contributed by atoms with Gasteiger partial charge in [-0.3, -0.25) is 4.79 Å². The van der Waals surface area contributed by atoms with Gasteiger partial charge in [-0.15, -0.1) is 6.42 Å². The van der Waals surface area contributed by atoms with Crippen LogP contribution >= 0.6 is 0 Å². The maximum atomic E-state index is 13.5. The molecule has 5 nitrogen and oxygen atoms in total. The predicted octanol–water partition coefficient (Wildman–Crippen LogP) is 2.43. The van der Waals surface area contributed by atoms with E-state index in [9.17, 15) is 9.18 Å². The molecule has 1 fully saturated rings. The lowest BCUT2D eigenvalue weighted by molar-refractivity contribution is -0.157. The molecule has 2 aromatic rings. The summed E-state index contributed by atoms with van der Waals surface area (Å²) in [6.45, 7) is 0.949. The van der Waals surface area contributed by atoms with Gasteiger partial charge in [0.15, 0.2) is 0 Å². The van der Waals surface area contributed by atoms with Crippen LogP contribution < -0.4 is 5.73 Å². The number of ether oxygens (including phenoxy) is 2. The van der Waals surface area contributed by atoms with Gasteiger partial charge < -0.3 is 20.1 Å². The topological polar surface area (TPSA) is 64.8 Å². The number of nitrogens with zero attached hydrogens (tertiary/aromatic N) is 1. The van der Waals surface area contributed by atoms with Crippen LogP contribution in [-0.4, -0.2) is 48.8 Å². The van der Waals surface area contributed by atoms with Crippen LogP contribution in [0.5, 0.6) is 0 Å². The van der Waals surface area contributed by atoms with E-state index in [-0.39, 0.29) is 43.1 Å². The van der Waals surface area contributed by atoms with Crippen molar-refractivity contribution in [3.05, 3.63) is 71.0 Å². The second-order valence-electron chi connectivity index (χ2n) is 7.71. The molecule has 0 bridgehead atoms. The number of terminal acetylenes is 1. The zero-order valence-electron chi connectivity index (χ0n) is 16.7. The lowest BCUT2D eigenvalue weighted by Crippen LogP contribution is -2.54. The van der Waals surface area contributed by atoms with Gasteiger partial charge in [0.1, 0.15) is 18.5 Å². The van der Waals surface area contributed by atoms with Crippen molar-refractivity contribution in [3.8, 4) is 12.3 Å². The van der Waals surface area contributed by atoms with E-state index >= 15 is 0 Å². The molecule has 0 aliphatic carbocycles. The molecule has 2 N–H and O–H groups in total. The second kappa shape index (κ2) is 8.97. The molecule has 156 valence electrons. The Bertz CT molecular complexity index is 940. The average molecular weight is 408 g/mol. The first kappa shape index (κ1) is 20.5. The molecule has 2 aliphatic heterocycles. The number of amides is 1. The van der Waals surface area contributed by atoms with Crippen molar-refractivity contribution in [3.63, 3.8) is 0 Å². The molecule has 4 rings (SSSR count). The highest BCUT2D eigenvalue weighted by atomic mass is 19.1. The van der Waals surface area contributed by atoms with Crippen molar-refractivity contribution < 1.29 is 18.7 Å². The quantitative estimate of drug-likeness (QED) is 0.790. The van der Waals surface area contributed by atoms with E-state index in [1.54, 1.807) is 12.1 Å². The summed E-state index contributed by atoms with van der Waals surface area (Å²) in [5, 5.41) is 0. The number of halogens is 1. The summed E-state index contributed by atoms with van der Waals surface area (Å²) in [6.07, 6.45) is 5.40. The fraction of sp³-hybridized carbons (Fsp3) is 0.375. The van der Waals surface area contributed by atoms with Crippen molar-refractivity contribution in [1.82, 2.24) is 4.90 Å². The van der Waals surface area contributed by atoms with Crippen molar-refractivity contribution in [2.45, 2.75) is 37.1 Å². The molecule has 2 aromatic carbocycles. The van der Waals surface area contributed by atoms with Gasteiger partial charge in [-0.25, -0.2) is 4.39 Å². The normalized spacial score (nSPS) is 26.0. The summed E-state index contributed by atoms with van der Waals surface area (Å²) in [5.74, 6) is 2.01. The Morgan fingerprint density at radius 1 is 1.27 bits per heavy atom. The van der Waals surface area contributed by atoms with Crippen LogP contribution in [0.15, 0.2) is 48.5 Å². The number of carbonyl (C=O) groups excluding carboxylic acids is 1. The molecule has 0 radical (unpaired) electrons. The molecule has 4 atom stereocenters. The third-order valence-electron chi connectivity index (χ3n) is 5.83. The molecule has 2 heterocycles. The van der Waals surface area contributed by atoms with Crippen molar-refractivity contribution in [2.75, 3.05) is 19.8 Å². The van der Waals surface area contributed by atoms with Gasteiger partial charge in [-0.05, 0) is 35.2 Å². The number of hydrogen-bond donors (Lipinski definition) is 1. The van der Waals surface area contributed by atoms with Crippen molar-refractivity contribution >= 4 is 5.91 Å². The molecular formula is C24H25FN2O3. The first-order chi connectivity index (χ1) is 14.6. The van der Waals surface area contributed by atoms with Crippen molar-refractivity contribution in [2.24, 2.45) is 5.73 Å². The molecule has 1 amide bonds. The van der Waals surface area contributed by atoms with Gasteiger partial charge >= 0.3 is 0 Å². The number of carbonyl (C=O) groups is 1. The van der Waals surface area contributed by atoms with E-state index in [2.05, 4.69) is 12.0 Å². The van der Waals surface area contributed by atoms with Crippen LogP contribution in [-0.2, 0) is 20.7 Å². The van der Waals surface area contributed by atoms with E-state index in [1.807, 2.05) is 23.1 Å². The van der Waals surface area contributed by atoms with E-state index < -0.39 is 6.10 Å². The molecule has 1 saturated heterocycles. The monoisotopic (exact) mass is 408 g/mol. The molecule has 0 aromatic heterocycles. The summed E-state index contributed by atoms with van der Waals surface area (Å²) < 4.78 is 24.9. The minimum Gasteiger partial charge on any atom is -0.366 e. The summed E-state index contributed by atoms with van der Waals surface area (Å²) >= 11 is 0. The highest BCUT2D eigenvalue weighted by Gasteiger charge is 2.39. The van der Waals surface area contributed by atoms with Gasteiger partial charge in [0.25, 0.3) is 5.91 Å². The molecule has 2 aliphatic rings. The Morgan fingerprint density at radius 2 is 2.03 bits per heavy atom. The second-order valence-corrected chi connectivity index (χ2v) is 7.71. The largest absolute Gasteiger partial charge is 0.366 e. The molecule has 6 heteroatoms. The van der Waals surface area contributed by atoms with Crippen LogP contribution in [0.1, 0.15) is 29.2 Å². The minimum atomic E-state index is -0.640. The van der Waals surface area contributed by atoms with Gasteiger partial charge in [-0.1, -0.05) is 42.3 Å². The number of hydrogen-bond acceptors (Lipinski definition) is 4. The first-order valence-electron chi connectivity index (χ1n) is 10.1. The zero-order valence-corrected chi connectivity index (χ0v) is 16.7. The number of rotatable bonds is 4. The van der Waals surface area contributed by atoms with E-state index in [1.165, 1.54) is 17.7 Å². The van der Waals surface area contributed by atoms with E-state index in [0.29, 0.717) is 13.0 Å².